The van der Waals surface area contributed by atoms with Gasteiger partial charge in [0, 0.05) is 19.3 Å². The molecule has 126 valence electrons. The molecule has 3 rings (SSSR count). The summed E-state index contributed by atoms with van der Waals surface area (Å²) in [5.41, 5.74) is 2.33. The number of para-hydroxylation sites is 1. The van der Waals surface area contributed by atoms with Crippen LogP contribution in [0.3, 0.4) is 0 Å². The van der Waals surface area contributed by atoms with Gasteiger partial charge in [-0.25, -0.2) is 8.42 Å². The second-order valence-corrected chi connectivity index (χ2v) is 7.32. The highest BCUT2D eigenvalue weighted by Crippen LogP contribution is 2.27. The van der Waals surface area contributed by atoms with Crippen LogP contribution < -0.4 is 9.46 Å². The Kier molecular flexibility index (Phi) is 4.19. The number of sulfonamides is 1. The van der Waals surface area contributed by atoms with Gasteiger partial charge < -0.3 is 9.64 Å². The normalized spacial score (nSPS) is 14.2. The van der Waals surface area contributed by atoms with Crippen LogP contribution in [-0.2, 0) is 27.8 Å². The van der Waals surface area contributed by atoms with Crippen molar-refractivity contribution in [2.24, 2.45) is 0 Å². The summed E-state index contributed by atoms with van der Waals surface area (Å²) in [7, 11) is -0.599. The molecule has 0 unspecified atom stereocenters. The molecule has 2 aromatic rings. The number of fused-ring (bicyclic) bond motifs is 1. The molecule has 6 nitrogen and oxygen atoms in total. The summed E-state index contributed by atoms with van der Waals surface area (Å²) in [5.74, 6) is 0.346. The quantitative estimate of drug-likeness (QED) is 0.919. The Morgan fingerprint density at radius 3 is 2.62 bits per heavy atom. The number of hydrogen-bond donors (Lipinski definition) is 1. The average molecular weight is 346 g/mol. The monoisotopic (exact) mass is 346 g/mol. The number of likely N-dealkylation sites (N-methyl/N-ethyl adjacent to an activating group) is 1. The van der Waals surface area contributed by atoms with Gasteiger partial charge in [-0.05, 0) is 35.4 Å². The highest BCUT2D eigenvalue weighted by molar-refractivity contribution is 7.92. The minimum Gasteiger partial charge on any atom is -0.495 e. The van der Waals surface area contributed by atoms with Crippen molar-refractivity contribution in [3.63, 3.8) is 0 Å². The molecule has 0 fully saturated rings. The molecule has 0 aliphatic carbocycles. The van der Waals surface area contributed by atoms with Crippen molar-refractivity contribution in [3.8, 4) is 5.75 Å². The highest BCUT2D eigenvalue weighted by atomic mass is 32.2. The number of benzene rings is 2. The van der Waals surface area contributed by atoms with Gasteiger partial charge in [0.05, 0.1) is 13.5 Å². The largest absolute Gasteiger partial charge is 0.495 e. The van der Waals surface area contributed by atoms with Crippen molar-refractivity contribution in [1.82, 2.24) is 4.90 Å². The molecular formula is C17H18N2O4S. The maximum Gasteiger partial charge on any atom is 0.265 e. The smallest absolute Gasteiger partial charge is 0.265 e. The van der Waals surface area contributed by atoms with Crippen molar-refractivity contribution in [1.29, 1.82) is 0 Å². The maximum absolute atomic E-state index is 12.6. The first-order valence-corrected chi connectivity index (χ1v) is 8.90. The molecule has 0 spiro atoms. The fraction of sp³-hybridized carbons (Fsp3) is 0.235. The van der Waals surface area contributed by atoms with Gasteiger partial charge in [-0.2, -0.15) is 0 Å². The van der Waals surface area contributed by atoms with Crippen LogP contribution in [0.25, 0.3) is 0 Å². The van der Waals surface area contributed by atoms with Crippen LogP contribution in [0.5, 0.6) is 5.75 Å². The second-order valence-electron chi connectivity index (χ2n) is 5.67. The molecule has 1 aliphatic heterocycles. The molecule has 24 heavy (non-hydrogen) atoms. The van der Waals surface area contributed by atoms with Crippen LogP contribution in [0, 0.1) is 0 Å². The predicted octanol–water partition coefficient (Wildman–Crippen LogP) is 2.01. The van der Waals surface area contributed by atoms with Crippen LogP contribution in [-0.4, -0.2) is 33.4 Å². The van der Waals surface area contributed by atoms with Crippen LogP contribution >= 0.6 is 0 Å². The maximum atomic E-state index is 12.6. The lowest BCUT2D eigenvalue weighted by molar-refractivity contribution is -0.130. The van der Waals surface area contributed by atoms with Crippen molar-refractivity contribution in [2.75, 3.05) is 18.9 Å². The van der Waals surface area contributed by atoms with E-state index in [9.17, 15) is 13.2 Å². The molecule has 0 bridgehead atoms. The fourth-order valence-electron chi connectivity index (χ4n) is 2.70. The Labute approximate surface area is 141 Å². The molecule has 0 saturated heterocycles. The number of methoxy groups -OCH3 is 1. The standard InChI is InChI=1S/C17H18N2O4S/c1-19-11-13-9-14(8-7-12(13)10-17(19)20)18-24(21,22)16-6-4-3-5-15(16)23-2/h3-9,18H,10-11H2,1-2H3. The summed E-state index contributed by atoms with van der Waals surface area (Å²) >= 11 is 0. The number of carbonyl (C=O) groups is 1. The lowest BCUT2D eigenvalue weighted by atomic mass is 9.99. The molecule has 7 heteroatoms. The molecule has 1 heterocycles. The van der Waals surface area contributed by atoms with Crippen LogP contribution in [0.15, 0.2) is 47.4 Å². The van der Waals surface area contributed by atoms with E-state index in [0.29, 0.717) is 18.7 Å². The Hall–Kier alpha value is -2.54. The van der Waals surface area contributed by atoms with Gasteiger partial charge in [-0.1, -0.05) is 18.2 Å². The summed E-state index contributed by atoms with van der Waals surface area (Å²) in [6.45, 7) is 0.471. The molecular weight excluding hydrogens is 328 g/mol. The van der Waals surface area contributed by atoms with E-state index in [1.54, 1.807) is 48.3 Å². The fourth-order valence-corrected chi connectivity index (χ4v) is 3.92. The summed E-state index contributed by atoms with van der Waals surface area (Å²) in [4.78, 5) is 13.4. The third-order valence-electron chi connectivity index (χ3n) is 3.99. The highest BCUT2D eigenvalue weighted by Gasteiger charge is 2.22. The number of amides is 1. The molecule has 2 aromatic carbocycles. The summed E-state index contributed by atoms with van der Waals surface area (Å²) in [6.07, 6.45) is 0.339. The number of anilines is 1. The van der Waals surface area contributed by atoms with Crippen molar-refractivity contribution >= 4 is 21.6 Å². The van der Waals surface area contributed by atoms with E-state index < -0.39 is 10.0 Å². The van der Waals surface area contributed by atoms with Gasteiger partial charge in [0.25, 0.3) is 10.0 Å². The second kappa shape index (κ2) is 6.16. The SMILES string of the molecule is COc1ccccc1S(=O)(=O)Nc1ccc2c(c1)CN(C)C(=O)C2. The Balaban J connectivity index is 1.91. The van der Waals surface area contributed by atoms with Crippen molar-refractivity contribution < 1.29 is 17.9 Å². The Bertz CT molecular complexity index is 893. The first kappa shape index (κ1) is 16.3. The van der Waals surface area contributed by atoms with Gasteiger partial charge in [-0.15, -0.1) is 0 Å². The third kappa shape index (κ3) is 3.07. The molecule has 1 N–H and O–H groups in total. The topological polar surface area (TPSA) is 75.7 Å². The van der Waals surface area contributed by atoms with E-state index in [1.807, 2.05) is 0 Å². The zero-order valence-corrected chi connectivity index (χ0v) is 14.3. The van der Waals surface area contributed by atoms with E-state index >= 15 is 0 Å². The number of rotatable bonds is 4. The van der Waals surface area contributed by atoms with E-state index in [-0.39, 0.29) is 16.6 Å². The van der Waals surface area contributed by atoms with E-state index in [4.69, 9.17) is 4.74 Å². The van der Waals surface area contributed by atoms with E-state index in [0.717, 1.165) is 11.1 Å². The van der Waals surface area contributed by atoms with Crippen LogP contribution in [0.2, 0.25) is 0 Å². The molecule has 1 amide bonds. The number of carbonyl (C=O) groups excluding carboxylic acids is 1. The van der Waals surface area contributed by atoms with E-state index in [2.05, 4.69) is 4.72 Å². The van der Waals surface area contributed by atoms with Crippen molar-refractivity contribution in [2.45, 2.75) is 17.9 Å². The first-order chi connectivity index (χ1) is 11.4. The lowest BCUT2D eigenvalue weighted by Crippen LogP contribution is -2.32. The first-order valence-electron chi connectivity index (χ1n) is 7.42. The minimum absolute atomic E-state index is 0.0600. The lowest BCUT2D eigenvalue weighted by Gasteiger charge is -2.25. The molecule has 1 aliphatic rings. The summed E-state index contributed by atoms with van der Waals surface area (Å²) in [6, 6.07) is 11.7. The van der Waals surface area contributed by atoms with Gasteiger partial charge in [0.1, 0.15) is 10.6 Å². The molecule has 0 aromatic heterocycles. The minimum atomic E-state index is -3.76. The molecule has 0 atom stereocenters. The number of hydrogen-bond acceptors (Lipinski definition) is 4. The van der Waals surface area contributed by atoms with Crippen LogP contribution in [0.1, 0.15) is 11.1 Å². The van der Waals surface area contributed by atoms with Gasteiger partial charge in [0.15, 0.2) is 0 Å². The van der Waals surface area contributed by atoms with Gasteiger partial charge >= 0.3 is 0 Å². The van der Waals surface area contributed by atoms with Crippen LogP contribution in [0.4, 0.5) is 5.69 Å². The molecule has 0 saturated carbocycles. The zero-order valence-electron chi connectivity index (χ0n) is 13.4. The van der Waals surface area contributed by atoms with E-state index in [1.165, 1.54) is 13.2 Å². The average Bonchev–Trinajstić information content (AvgIpc) is 2.56. The third-order valence-corrected chi connectivity index (χ3v) is 5.41. The summed E-state index contributed by atoms with van der Waals surface area (Å²) in [5, 5.41) is 0. The van der Waals surface area contributed by atoms with Gasteiger partial charge in [0.2, 0.25) is 5.91 Å². The van der Waals surface area contributed by atoms with Gasteiger partial charge in [-0.3, -0.25) is 9.52 Å². The zero-order chi connectivity index (χ0) is 17.3. The molecule has 0 radical (unpaired) electrons. The summed E-state index contributed by atoms with van der Waals surface area (Å²) < 4.78 is 32.9. The predicted molar refractivity (Wildman–Crippen MR) is 90.4 cm³/mol. The van der Waals surface area contributed by atoms with Crippen molar-refractivity contribution in [3.05, 3.63) is 53.6 Å². The number of nitrogens with zero attached hydrogens (tertiary/aromatic N) is 1. The Morgan fingerprint density at radius 2 is 1.88 bits per heavy atom. The number of ether oxygens (including phenoxy) is 1. The number of nitrogens with one attached hydrogen (secondary N) is 1. The Morgan fingerprint density at radius 1 is 1.12 bits per heavy atom.